The van der Waals surface area contributed by atoms with Crippen molar-refractivity contribution >= 4 is 28.5 Å². The summed E-state index contributed by atoms with van der Waals surface area (Å²) in [6, 6.07) is 9.82. The van der Waals surface area contributed by atoms with Crippen LogP contribution in [0.25, 0.3) is 10.9 Å². The van der Waals surface area contributed by atoms with Crippen molar-refractivity contribution in [2.45, 2.75) is 13.0 Å². The molecule has 0 fully saturated rings. The minimum absolute atomic E-state index is 0.188. The molecule has 0 saturated carbocycles. The number of methoxy groups -OCH3 is 2. The molecule has 1 N–H and O–H groups in total. The number of carbonyl (C=O) groups excluding carboxylic acids is 1. The second kappa shape index (κ2) is 7.67. The summed E-state index contributed by atoms with van der Waals surface area (Å²) in [4.78, 5) is 31.7. The minimum Gasteiger partial charge on any atom is -0.493 e. The third-order valence-corrected chi connectivity index (χ3v) is 4.25. The lowest BCUT2D eigenvalue weighted by molar-refractivity contribution is 0.0319. The van der Waals surface area contributed by atoms with Crippen LogP contribution in [0.2, 0.25) is 5.02 Å². The number of nitrogens with one attached hydrogen (secondary N) is 1. The molecule has 3 rings (SSSR count). The highest BCUT2D eigenvalue weighted by Gasteiger charge is 2.20. The van der Waals surface area contributed by atoms with E-state index >= 15 is 0 Å². The van der Waals surface area contributed by atoms with Crippen LogP contribution in [0.15, 0.2) is 41.2 Å². The zero-order valence-electron chi connectivity index (χ0n) is 14.9. The van der Waals surface area contributed by atoms with Gasteiger partial charge in [-0.25, -0.2) is 9.78 Å². The minimum atomic E-state index is -0.776. The molecule has 0 unspecified atom stereocenters. The van der Waals surface area contributed by atoms with Crippen molar-refractivity contribution < 1.29 is 19.0 Å². The Labute approximate surface area is 159 Å². The number of fused-ring (bicyclic) bond motifs is 1. The zero-order valence-corrected chi connectivity index (χ0v) is 15.7. The summed E-state index contributed by atoms with van der Waals surface area (Å²) in [5.41, 5.74) is 0.411. The topological polar surface area (TPSA) is 90.5 Å². The summed E-state index contributed by atoms with van der Waals surface area (Å²) in [6.07, 6.45) is -0.776. The largest absolute Gasteiger partial charge is 0.493 e. The van der Waals surface area contributed by atoms with E-state index < -0.39 is 12.1 Å². The molecular weight excluding hydrogens is 372 g/mol. The van der Waals surface area contributed by atoms with Gasteiger partial charge in [-0.15, -0.1) is 0 Å². The number of nitrogens with zero attached hydrogens (tertiary/aromatic N) is 1. The van der Waals surface area contributed by atoms with Crippen molar-refractivity contribution in [2.24, 2.45) is 0 Å². The smallest absolute Gasteiger partial charge is 0.339 e. The van der Waals surface area contributed by atoms with Gasteiger partial charge in [-0.1, -0.05) is 23.7 Å². The van der Waals surface area contributed by atoms with Gasteiger partial charge in [0, 0.05) is 0 Å². The van der Waals surface area contributed by atoms with Crippen molar-refractivity contribution in [3.05, 3.63) is 63.2 Å². The Balaban J connectivity index is 1.88. The molecule has 8 heteroatoms. The number of ether oxygens (including phenoxy) is 3. The van der Waals surface area contributed by atoms with E-state index in [2.05, 4.69) is 9.97 Å². The Kier molecular flexibility index (Phi) is 5.32. The molecule has 1 heterocycles. The number of benzene rings is 2. The van der Waals surface area contributed by atoms with Crippen molar-refractivity contribution in [2.75, 3.05) is 14.2 Å². The number of hydrogen-bond donors (Lipinski definition) is 1. The number of carbonyl (C=O) groups is 1. The van der Waals surface area contributed by atoms with Crippen LogP contribution in [0.4, 0.5) is 0 Å². The summed E-state index contributed by atoms with van der Waals surface area (Å²) in [5, 5.41) is 0.681. The van der Waals surface area contributed by atoms with Gasteiger partial charge in [0.25, 0.3) is 5.56 Å². The predicted octanol–water partition coefficient (Wildman–Crippen LogP) is 3.51. The molecule has 0 aliphatic rings. The number of rotatable bonds is 5. The molecule has 0 aliphatic heterocycles. The van der Waals surface area contributed by atoms with Crippen LogP contribution in [0, 0.1) is 0 Å². The lowest BCUT2D eigenvalue weighted by Gasteiger charge is -2.15. The standard InChI is InChI=1S/C19H17ClN2O5/c1-10(17-21-14-7-5-4-6-12(14)18(23)22-17)27-19(24)11-8-13(20)16(26-3)15(9-11)25-2/h4-10H,1-3H3,(H,21,22,23)/t10-/m0/s1. The Morgan fingerprint density at radius 1 is 1.19 bits per heavy atom. The molecule has 1 aromatic heterocycles. The van der Waals surface area contributed by atoms with E-state index in [9.17, 15) is 9.59 Å². The van der Waals surface area contributed by atoms with Crippen molar-refractivity contribution in [3.8, 4) is 11.5 Å². The van der Waals surface area contributed by atoms with E-state index in [4.69, 9.17) is 25.8 Å². The molecule has 0 radical (unpaired) electrons. The average Bonchev–Trinajstić information content (AvgIpc) is 2.67. The normalized spacial score (nSPS) is 11.9. The zero-order chi connectivity index (χ0) is 19.6. The molecule has 7 nitrogen and oxygen atoms in total. The summed E-state index contributed by atoms with van der Waals surface area (Å²) in [5.74, 6) is 0.242. The average molecular weight is 389 g/mol. The van der Waals surface area contributed by atoms with E-state index in [1.165, 1.54) is 26.4 Å². The first-order valence-corrected chi connectivity index (χ1v) is 8.44. The number of aromatic amines is 1. The maximum absolute atomic E-state index is 12.5. The highest BCUT2D eigenvalue weighted by molar-refractivity contribution is 6.32. The third-order valence-electron chi connectivity index (χ3n) is 3.97. The molecule has 0 saturated heterocycles. The molecular formula is C19H17ClN2O5. The Hall–Kier alpha value is -3.06. The van der Waals surface area contributed by atoms with Crippen molar-refractivity contribution in [1.29, 1.82) is 0 Å². The van der Waals surface area contributed by atoms with Crippen LogP contribution in [0.3, 0.4) is 0 Å². The first-order chi connectivity index (χ1) is 12.9. The number of esters is 1. The van der Waals surface area contributed by atoms with Crippen molar-refractivity contribution in [1.82, 2.24) is 9.97 Å². The molecule has 0 amide bonds. The second-order valence-electron chi connectivity index (χ2n) is 5.71. The summed E-state index contributed by atoms with van der Waals surface area (Å²) >= 11 is 6.12. The van der Waals surface area contributed by atoms with Gasteiger partial charge in [-0.3, -0.25) is 4.79 Å². The number of para-hydroxylation sites is 1. The first kappa shape index (κ1) is 18.7. The molecule has 0 bridgehead atoms. The fourth-order valence-corrected chi connectivity index (χ4v) is 2.91. The second-order valence-corrected chi connectivity index (χ2v) is 6.12. The maximum Gasteiger partial charge on any atom is 0.339 e. The van der Waals surface area contributed by atoms with Crippen LogP contribution in [0.5, 0.6) is 11.5 Å². The van der Waals surface area contributed by atoms with Crippen LogP contribution in [0.1, 0.15) is 29.2 Å². The highest BCUT2D eigenvalue weighted by atomic mass is 35.5. The third kappa shape index (κ3) is 3.73. The quantitative estimate of drug-likeness (QED) is 0.672. The fraction of sp³-hybridized carbons (Fsp3) is 0.211. The van der Waals surface area contributed by atoms with Gasteiger partial charge in [0.1, 0.15) is 0 Å². The summed E-state index contributed by atoms with van der Waals surface area (Å²) < 4.78 is 15.8. The van der Waals surface area contributed by atoms with Crippen LogP contribution in [-0.2, 0) is 4.74 Å². The van der Waals surface area contributed by atoms with E-state index in [-0.39, 0.29) is 22.0 Å². The van der Waals surface area contributed by atoms with E-state index in [0.29, 0.717) is 22.4 Å². The Morgan fingerprint density at radius 2 is 1.93 bits per heavy atom. The van der Waals surface area contributed by atoms with E-state index in [0.717, 1.165) is 0 Å². The summed E-state index contributed by atoms with van der Waals surface area (Å²) in [7, 11) is 2.89. The fourth-order valence-electron chi connectivity index (χ4n) is 2.62. The number of aromatic nitrogens is 2. The van der Waals surface area contributed by atoms with Gasteiger partial charge in [0.15, 0.2) is 23.4 Å². The van der Waals surface area contributed by atoms with Gasteiger partial charge in [-0.2, -0.15) is 0 Å². The first-order valence-electron chi connectivity index (χ1n) is 8.06. The molecule has 3 aromatic rings. The molecule has 27 heavy (non-hydrogen) atoms. The SMILES string of the molecule is COc1cc(C(=O)O[C@@H](C)c2nc3ccccc3c(=O)[nH]2)cc(Cl)c1OC. The molecule has 0 spiro atoms. The van der Waals surface area contributed by atoms with Gasteiger partial charge >= 0.3 is 5.97 Å². The number of halogens is 1. The van der Waals surface area contributed by atoms with Crippen molar-refractivity contribution in [3.63, 3.8) is 0 Å². The Morgan fingerprint density at radius 3 is 2.63 bits per heavy atom. The predicted molar refractivity (Wildman–Crippen MR) is 101 cm³/mol. The van der Waals surface area contributed by atoms with E-state index in [1.807, 2.05) is 0 Å². The number of hydrogen-bond acceptors (Lipinski definition) is 6. The van der Waals surface area contributed by atoms with E-state index in [1.54, 1.807) is 31.2 Å². The molecule has 2 aromatic carbocycles. The number of H-pyrrole nitrogens is 1. The Bertz CT molecular complexity index is 1060. The highest BCUT2D eigenvalue weighted by Crippen LogP contribution is 2.36. The molecule has 140 valence electrons. The lowest BCUT2D eigenvalue weighted by Crippen LogP contribution is -2.17. The lowest BCUT2D eigenvalue weighted by atomic mass is 10.2. The van der Waals surface area contributed by atoms with Crippen LogP contribution >= 0.6 is 11.6 Å². The molecule has 1 atom stereocenters. The molecule has 0 aliphatic carbocycles. The van der Waals surface area contributed by atoms with Gasteiger partial charge in [0.05, 0.1) is 35.7 Å². The summed E-state index contributed by atoms with van der Waals surface area (Å²) in [6.45, 7) is 1.62. The monoisotopic (exact) mass is 388 g/mol. The van der Waals surface area contributed by atoms with Gasteiger partial charge in [0.2, 0.25) is 0 Å². The van der Waals surface area contributed by atoms with Crippen LogP contribution < -0.4 is 15.0 Å². The van der Waals surface area contributed by atoms with Gasteiger partial charge in [-0.05, 0) is 31.2 Å². The maximum atomic E-state index is 12.5. The van der Waals surface area contributed by atoms with Gasteiger partial charge < -0.3 is 19.2 Å². The van der Waals surface area contributed by atoms with Crippen LogP contribution in [-0.4, -0.2) is 30.2 Å².